The Bertz CT molecular complexity index is 1920. The average Bonchev–Trinajstić information content (AvgIpc) is 3.55. The Balaban J connectivity index is 1.14. The van der Waals surface area contributed by atoms with E-state index in [9.17, 15) is 14.7 Å². The fourth-order valence-corrected chi connectivity index (χ4v) is 8.58. The molecule has 1 amide bonds. The number of oxazole rings is 1. The summed E-state index contributed by atoms with van der Waals surface area (Å²) in [5.41, 5.74) is 3.42. The summed E-state index contributed by atoms with van der Waals surface area (Å²) in [5.74, 6) is 1.52. The first-order valence-electron chi connectivity index (χ1n) is 15.3. The maximum atomic E-state index is 14.1. The van der Waals surface area contributed by atoms with Crippen molar-refractivity contribution in [3.8, 4) is 17.3 Å². The van der Waals surface area contributed by atoms with Gasteiger partial charge in [0, 0.05) is 39.7 Å². The second-order valence-electron chi connectivity index (χ2n) is 12.9. The number of hydrogen-bond acceptors (Lipinski definition) is 5. The highest BCUT2D eigenvalue weighted by Gasteiger charge is 2.55. The lowest BCUT2D eigenvalue weighted by Crippen LogP contribution is -2.61. The van der Waals surface area contributed by atoms with Crippen LogP contribution in [0.2, 0.25) is 5.02 Å². The first-order valence-corrected chi connectivity index (χ1v) is 15.7. The molecular weight excluding hydrogens is 574 g/mol. The summed E-state index contributed by atoms with van der Waals surface area (Å²) < 4.78 is 7.77. The summed E-state index contributed by atoms with van der Waals surface area (Å²) in [6.07, 6.45) is 8.06. The molecule has 4 aliphatic rings. The van der Waals surface area contributed by atoms with Gasteiger partial charge in [0.05, 0.1) is 17.3 Å². The number of nitrogens with zero attached hydrogens (tertiary/aromatic N) is 2. The molecule has 4 saturated carbocycles. The number of carbonyl (C=O) groups is 1. The fourth-order valence-electron chi connectivity index (χ4n) is 8.41. The Labute approximate surface area is 259 Å². The molecule has 9 rings (SSSR count). The van der Waals surface area contributed by atoms with E-state index in [1.54, 1.807) is 24.4 Å². The number of aliphatic hydroxyl groups is 1. The Hall–Kier alpha value is -4.20. The molecule has 0 aliphatic heterocycles. The zero-order chi connectivity index (χ0) is 30.0. The van der Waals surface area contributed by atoms with E-state index in [0.717, 1.165) is 43.4 Å². The smallest absolute Gasteiger partial charge is 0.251 e. The van der Waals surface area contributed by atoms with Gasteiger partial charge in [-0.2, -0.15) is 0 Å². The van der Waals surface area contributed by atoms with Gasteiger partial charge in [0.25, 0.3) is 5.91 Å². The van der Waals surface area contributed by atoms with Gasteiger partial charge in [-0.05, 0) is 97.9 Å². The minimum atomic E-state index is -0.530. The van der Waals surface area contributed by atoms with Crippen molar-refractivity contribution in [3.63, 3.8) is 0 Å². The van der Waals surface area contributed by atoms with Crippen molar-refractivity contribution in [2.75, 3.05) is 0 Å². The minimum absolute atomic E-state index is 0.0875. The van der Waals surface area contributed by atoms with Crippen LogP contribution in [0, 0.1) is 17.8 Å². The van der Waals surface area contributed by atoms with Crippen molar-refractivity contribution < 1.29 is 14.3 Å². The molecule has 4 bridgehead atoms. The average molecular weight is 606 g/mol. The summed E-state index contributed by atoms with van der Waals surface area (Å²) in [5, 5.41) is 15.3. The molecule has 3 aromatic carbocycles. The van der Waals surface area contributed by atoms with Crippen LogP contribution in [-0.2, 0) is 6.42 Å². The number of amides is 1. The van der Waals surface area contributed by atoms with E-state index in [0.29, 0.717) is 62.8 Å². The number of aromatic nitrogens is 2. The fraction of sp³-hybridized carbons (Fsp3) is 0.306. The van der Waals surface area contributed by atoms with Gasteiger partial charge in [-0.1, -0.05) is 41.9 Å². The standard InChI is InChI=1S/C36H32ClN3O4/c37-26-10-11-28-30(17-26)40(27-4-2-1-3-5-27)32(35-38-12-13-44-35)29(33(28)41)16-21-6-8-23(9-7-21)34(42)39-31-24-14-22-15-25(31)20-36(43,18-22)19-24/h1-13,17,22,24-25,31,43H,14-16,18-20H2,(H,39,42)/t22-,24+,25-,31-,36-. The number of hydrogen-bond donors (Lipinski definition) is 2. The van der Waals surface area contributed by atoms with Gasteiger partial charge in [-0.3, -0.25) is 9.59 Å². The van der Waals surface area contributed by atoms with Crippen LogP contribution in [0.25, 0.3) is 28.2 Å². The van der Waals surface area contributed by atoms with E-state index in [1.165, 1.54) is 6.26 Å². The maximum Gasteiger partial charge on any atom is 0.251 e. The third-order valence-corrected chi connectivity index (χ3v) is 10.2. The van der Waals surface area contributed by atoms with E-state index >= 15 is 0 Å². The third kappa shape index (κ3) is 4.66. The third-order valence-electron chi connectivity index (χ3n) is 10.0. The number of rotatable bonds is 6. The molecule has 0 saturated heterocycles. The van der Waals surface area contributed by atoms with Crippen LogP contribution < -0.4 is 10.7 Å². The van der Waals surface area contributed by atoms with Crippen LogP contribution in [0.5, 0.6) is 0 Å². The van der Waals surface area contributed by atoms with Crippen LogP contribution in [-0.4, -0.2) is 32.2 Å². The molecule has 0 spiro atoms. The number of para-hydroxylation sites is 1. The number of fused-ring (bicyclic) bond motifs is 1. The number of pyridine rings is 1. The topological polar surface area (TPSA) is 97.4 Å². The molecule has 2 N–H and O–H groups in total. The van der Waals surface area contributed by atoms with Crippen LogP contribution in [0.3, 0.4) is 0 Å². The molecule has 44 heavy (non-hydrogen) atoms. The molecule has 4 aliphatic carbocycles. The van der Waals surface area contributed by atoms with Crippen molar-refractivity contribution in [2.45, 2.75) is 50.2 Å². The predicted molar refractivity (Wildman–Crippen MR) is 169 cm³/mol. The summed E-state index contributed by atoms with van der Waals surface area (Å²) in [7, 11) is 0. The number of nitrogens with one attached hydrogen (secondary N) is 1. The normalized spacial score (nSPS) is 25.4. The zero-order valence-electron chi connectivity index (χ0n) is 24.1. The molecule has 7 nitrogen and oxygen atoms in total. The number of benzene rings is 3. The molecule has 0 unspecified atom stereocenters. The maximum absolute atomic E-state index is 14.1. The van der Waals surface area contributed by atoms with Crippen molar-refractivity contribution >= 4 is 28.4 Å². The Morgan fingerprint density at radius 3 is 2.45 bits per heavy atom. The van der Waals surface area contributed by atoms with Crippen LogP contribution >= 0.6 is 11.6 Å². The lowest BCUT2D eigenvalue weighted by atomic mass is 9.52. The SMILES string of the molecule is O=C(N[C@H]1[C@@H]2C[C@H]3C[C@H]1C[C@](O)(C3)C2)c1ccc(Cc2c(-c3ncco3)n(-c3ccccc3)c3cc(Cl)ccc3c2=O)cc1. The highest BCUT2D eigenvalue weighted by molar-refractivity contribution is 6.31. The predicted octanol–water partition coefficient (Wildman–Crippen LogP) is 6.56. The first-order chi connectivity index (χ1) is 21.3. The molecule has 8 heteroatoms. The van der Waals surface area contributed by atoms with Crippen molar-refractivity contribution in [1.29, 1.82) is 0 Å². The van der Waals surface area contributed by atoms with Gasteiger partial charge < -0.3 is 19.4 Å². The zero-order valence-corrected chi connectivity index (χ0v) is 24.8. The molecule has 0 radical (unpaired) electrons. The Morgan fingerprint density at radius 1 is 1.02 bits per heavy atom. The summed E-state index contributed by atoms with van der Waals surface area (Å²) in [6, 6.07) is 22.6. The highest BCUT2D eigenvalue weighted by Crippen LogP contribution is 2.55. The molecular formula is C36H32ClN3O4. The van der Waals surface area contributed by atoms with Gasteiger partial charge >= 0.3 is 0 Å². The first kappa shape index (κ1) is 27.4. The van der Waals surface area contributed by atoms with E-state index < -0.39 is 5.60 Å². The van der Waals surface area contributed by atoms with Crippen LogP contribution in [0.4, 0.5) is 0 Å². The summed E-state index contributed by atoms with van der Waals surface area (Å²) in [4.78, 5) is 31.9. The monoisotopic (exact) mass is 605 g/mol. The molecule has 4 fully saturated rings. The van der Waals surface area contributed by atoms with Crippen LogP contribution in [0.15, 0.2) is 94.5 Å². The Kier molecular flexibility index (Phi) is 6.50. The lowest BCUT2D eigenvalue weighted by molar-refractivity contribution is -0.136. The minimum Gasteiger partial charge on any atom is -0.443 e. The second-order valence-corrected chi connectivity index (χ2v) is 13.3. The molecule has 5 atom stereocenters. The van der Waals surface area contributed by atoms with Gasteiger partial charge in [0.15, 0.2) is 5.43 Å². The van der Waals surface area contributed by atoms with E-state index in [4.69, 9.17) is 16.0 Å². The van der Waals surface area contributed by atoms with E-state index in [2.05, 4.69) is 10.3 Å². The van der Waals surface area contributed by atoms with E-state index in [1.807, 2.05) is 59.2 Å². The molecule has 5 aromatic rings. The van der Waals surface area contributed by atoms with Crippen LogP contribution in [0.1, 0.15) is 53.6 Å². The summed E-state index contributed by atoms with van der Waals surface area (Å²) >= 11 is 6.42. The largest absolute Gasteiger partial charge is 0.443 e. The van der Waals surface area contributed by atoms with Gasteiger partial charge in [0.2, 0.25) is 5.89 Å². The van der Waals surface area contributed by atoms with Crippen molar-refractivity contribution in [2.24, 2.45) is 17.8 Å². The number of carbonyl (C=O) groups excluding carboxylic acids is 1. The molecule has 2 heterocycles. The van der Waals surface area contributed by atoms with Crippen molar-refractivity contribution in [3.05, 3.63) is 117 Å². The lowest BCUT2D eigenvalue weighted by Gasteiger charge is -2.58. The Morgan fingerprint density at radius 2 is 1.77 bits per heavy atom. The molecule has 2 aromatic heterocycles. The van der Waals surface area contributed by atoms with Gasteiger partial charge in [0.1, 0.15) is 12.0 Å². The van der Waals surface area contributed by atoms with Gasteiger partial charge in [-0.25, -0.2) is 4.98 Å². The quantitative estimate of drug-likeness (QED) is 0.228. The molecule has 222 valence electrons. The van der Waals surface area contributed by atoms with Gasteiger partial charge in [-0.15, -0.1) is 0 Å². The van der Waals surface area contributed by atoms with Crippen molar-refractivity contribution in [1.82, 2.24) is 14.9 Å². The van der Waals surface area contributed by atoms with E-state index in [-0.39, 0.29) is 17.4 Å². The summed E-state index contributed by atoms with van der Waals surface area (Å²) in [6.45, 7) is 0. The number of halogens is 1. The highest BCUT2D eigenvalue weighted by atomic mass is 35.5. The second kappa shape index (κ2) is 10.5.